The topological polar surface area (TPSA) is 94.8 Å². The van der Waals surface area contributed by atoms with Crippen LogP contribution in [0.25, 0.3) is 0 Å². The predicted molar refractivity (Wildman–Crippen MR) is 44.1 cm³/mol. The molecule has 0 aromatic carbocycles. The number of carbonyl (C=O) groups is 2. The van der Waals surface area contributed by atoms with Crippen molar-refractivity contribution in [3.8, 4) is 0 Å². The maximum absolute atomic E-state index is 11.1. The van der Waals surface area contributed by atoms with Crippen LogP contribution in [-0.2, 0) is 9.59 Å². The van der Waals surface area contributed by atoms with E-state index in [1.54, 1.807) is 0 Å². The zero-order valence-corrected chi connectivity index (χ0v) is 7.60. The smallest absolute Gasteiger partial charge is 0.316 e. The summed E-state index contributed by atoms with van der Waals surface area (Å²) in [5.74, 6) is -3.45. The summed E-state index contributed by atoms with van der Waals surface area (Å²) in [6, 6.07) is 0. The normalized spacial score (nSPS) is 17.5. The van der Waals surface area contributed by atoms with Crippen molar-refractivity contribution in [3.05, 3.63) is 0 Å². The number of carboxylic acid groups (broad SMARTS) is 1. The molecule has 0 aromatic heterocycles. The Bertz CT molecular complexity index is 197. The van der Waals surface area contributed by atoms with Gasteiger partial charge in [0.05, 0.1) is 12.2 Å². The third-order valence-corrected chi connectivity index (χ3v) is 1.59. The first-order chi connectivity index (χ1) is 5.86. The molecule has 0 bridgehead atoms. The van der Waals surface area contributed by atoms with E-state index in [1.807, 2.05) is 0 Å². The standard InChI is InChI=1S/C8H14O5/c1-4(9)3-6(11)7(5(2)10)8(12)13/h4-5,7,9-10H,3H2,1-2H3,(H,12,13). The molecular formula is C8H14O5. The first kappa shape index (κ1) is 12.1. The highest BCUT2D eigenvalue weighted by molar-refractivity contribution is 5.98. The lowest BCUT2D eigenvalue weighted by molar-refractivity contribution is -0.150. The Morgan fingerprint density at radius 3 is 1.92 bits per heavy atom. The third-order valence-electron chi connectivity index (χ3n) is 1.59. The van der Waals surface area contributed by atoms with Gasteiger partial charge >= 0.3 is 5.97 Å². The molecule has 0 rings (SSSR count). The van der Waals surface area contributed by atoms with Crippen LogP contribution < -0.4 is 0 Å². The van der Waals surface area contributed by atoms with Gasteiger partial charge in [-0.15, -0.1) is 0 Å². The second-order valence-electron chi connectivity index (χ2n) is 3.08. The first-order valence-electron chi connectivity index (χ1n) is 3.98. The van der Waals surface area contributed by atoms with E-state index < -0.39 is 29.9 Å². The minimum Gasteiger partial charge on any atom is -0.481 e. The van der Waals surface area contributed by atoms with Crippen LogP contribution in [0.4, 0.5) is 0 Å². The van der Waals surface area contributed by atoms with Crippen LogP contribution in [0.1, 0.15) is 20.3 Å². The number of ketones is 1. The van der Waals surface area contributed by atoms with Crippen molar-refractivity contribution in [1.82, 2.24) is 0 Å². The van der Waals surface area contributed by atoms with Crippen molar-refractivity contribution in [3.63, 3.8) is 0 Å². The summed E-state index contributed by atoms with van der Waals surface area (Å²) >= 11 is 0. The van der Waals surface area contributed by atoms with E-state index in [0.29, 0.717) is 0 Å². The highest BCUT2D eigenvalue weighted by atomic mass is 16.4. The van der Waals surface area contributed by atoms with Gasteiger partial charge in [-0.05, 0) is 13.8 Å². The molecule has 0 aliphatic rings. The van der Waals surface area contributed by atoms with Crippen LogP contribution in [0.3, 0.4) is 0 Å². The molecule has 0 heterocycles. The Labute approximate surface area is 76.0 Å². The number of aliphatic carboxylic acids is 1. The van der Waals surface area contributed by atoms with Gasteiger partial charge < -0.3 is 15.3 Å². The Morgan fingerprint density at radius 2 is 1.69 bits per heavy atom. The molecule has 0 saturated heterocycles. The Kier molecular flexibility index (Phi) is 4.58. The van der Waals surface area contributed by atoms with Crippen molar-refractivity contribution in [2.75, 3.05) is 0 Å². The summed E-state index contributed by atoms with van der Waals surface area (Å²) in [6.07, 6.45) is -2.36. The third kappa shape index (κ3) is 4.00. The summed E-state index contributed by atoms with van der Waals surface area (Å²) in [5, 5.41) is 26.4. The first-order valence-corrected chi connectivity index (χ1v) is 3.98. The zero-order chi connectivity index (χ0) is 10.6. The molecule has 0 fully saturated rings. The van der Waals surface area contributed by atoms with Crippen LogP contribution >= 0.6 is 0 Å². The molecule has 0 spiro atoms. The molecule has 76 valence electrons. The average molecular weight is 190 g/mol. The molecule has 0 saturated carbocycles. The van der Waals surface area contributed by atoms with E-state index in [-0.39, 0.29) is 6.42 Å². The number of aliphatic hydroxyl groups excluding tert-OH is 2. The monoisotopic (exact) mass is 190 g/mol. The quantitative estimate of drug-likeness (QED) is 0.503. The average Bonchev–Trinajstić information content (AvgIpc) is 1.81. The van der Waals surface area contributed by atoms with Crippen LogP contribution in [0.2, 0.25) is 0 Å². The van der Waals surface area contributed by atoms with Crippen molar-refractivity contribution < 1.29 is 24.9 Å². The fourth-order valence-corrected chi connectivity index (χ4v) is 1.03. The van der Waals surface area contributed by atoms with Gasteiger partial charge in [0.15, 0.2) is 5.78 Å². The number of aliphatic hydroxyl groups is 2. The summed E-state index contributed by atoms with van der Waals surface area (Å²) in [7, 11) is 0. The molecule has 0 radical (unpaired) electrons. The number of hydrogen-bond acceptors (Lipinski definition) is 4. The number of Topliss-reactive ketones (excluding diaryl/α,β-unsaturated/α-hetero) is 1. The largest absolute Gasteiger partial charge is 0.481 e. The number of hydrogen-bond donors (Lipinski definition) is 3. The lowest BCUT2D eigenvalue weighted by atomic mass is 9.95. The van der Waals surface area contributed by atoms with Crippen molar-refractivity contribution in [2.24, 2.45) is 5.92 Å². The maximum Gasteiger partial charge on any atom is 0.316 e. The lowest BCUT2D eigenvalue weighted by Crippen LogP contribution is -2.34. The predicted octanol–water partition coefficient (Wildman–Crippen LogP) is -0.592. The molecule has 0 amide bonds. The van der Waals surface area contributed by atoms with E-state index in [2.05, 4.69) is 0 Å². The highest BCUT2D eigenvalue weighted by Gasteiger charge is 2.31. The molecule has 13 heavy (non-hydrogen) atoms. The van der Waals surface area contributed by atoms with Gasteiger partial charge in [0, 0.05) is 6.42 Å². The molecule has 0 aliphatic heterocycles. The van der Waals surface area contributed by atoms with E-state index in [9.17, 15) is 9.59 Å². The summed E-state index contributed by atoms with van der Waals surface area (Å²) < 4.78 is 0. The van der Waals surface area contributed by atoms with E-state index in [4.69, 9.17) is 15.3 Å². The Morgan fingerprint density at radius 1 is 1.23 bits per heavy atom. The van der Waals surface area contributed by atoms with Crippen LogP contribution in [-0.4, -0.2) is 39.3 Å². The fraction of sp³-hybridized carbons (Fsp3) is 0.750. The summed E-state index contributed by atoms with van der Waals surface area (Å²) in [4.78, 5) is 21.6. The molecular weight excluding hydrogens is 176 g/mol. The van der Waals surface area contributed by atoms with Crippen molar-refractivity contribution in [2.45, 2.75) is 32.5 Å². The van der Waals surface area contributed by atoms with E-state index in [0.717, 1.165) is 0 Å². The highest BCUT2D eigenvalue weighted by Crippen LogP contribution is 2.09. The molecule has 0 aliphatic carbocycles. The Hall–Kier alpha value is -0.940. The minimum atomic E-state index is -1.44. The van der Waals surface area contributed by atoms with Crippen molar-refractivity contribution in [1.29, 1.82) is 0 Å². The molecule has 0 aromatic rings. The molecule has 3 unspecified atom stereocenters. The lowest BCUT2D eigenvalue weighted by Gasteiger charge is -2.14. The Balaban J connectivity index is 4.38. The number of carbonyl (C=O) groups excluding carboxylic acids is 1. The number of carboxylic acids is 1. The van der Waals surface area contributed by atoms with E-state index >= 15 is 0 Å². The molecule has 3 atom stereocenters. The van der Waals surface area contributed by atoms with Crippen LogP contribution in [0, 0.1) is 5.92 Å². The van der Waals surface area contributed by atoms with Crippen LogP contribution in [0.5, 0.6) is 0 Å². The maximum atomic E-state index is 11.1. The van der Waals surface area contributed by atoms with Gasteiger partial charge in [-0.25, -0.2) is 0 Å². The van der Waals surface area contributed by atoms with Gasteiger partial charge in [-0.2, -0.15) is 0 Å². The van der Waals surface area contributed by atoms with Gasteiger partial charge in [0.2, 0.25) is 0 Å². The van der Waals surface area contributed by atoms with E-state index in [1.165, 1.54) is 13.8 Å². The van der Waals surface area contributed by atoms with Crippen molar-refractivity contribution >= 4 is 11.8 Å². The zero-order valence-electron chi connectivity index (χ0n) is 7.60. The SMILES string of the molecule is CC(O)CC(=O)C(C(=O)O)C(C)O. The molecule has 5 nitrogen and oxygen atoms in total. The summed E-state index contributed by atoms with van der Waals surface area (Å²) in [6.45, 7) is 2.62. The summed E-state index contributed by atoms with van der Waals surface area (Å²) in [5.41, 5.74) is 0. The molecule has 3 N–H and O–H groups in total. The fourth-order valence-electron chi connectivity index (χ4n) is 1.03. The molecule has 5 heteroatoms. The minimum absolute atomic E-state index is 0.248. The van der Waals surface area contributed by atoms with Gasteiger partial charge in [-0.3, -0.25) is 9.59 Å². The van der Waals surface area contributed by atoms with Gasteiger partial charge in [0.25, 0.3) is 0 Å². The van der Waals surface area contributed by atoms with Gasteiger partial charge in [-0.1, -0.05) is 0 Å². The second-order valence-corrected chi connectivity index (χ2v) is 3.08. The number of rotatable bonds is 5. The van der Waals surface area contributed by atoms with Gasteiger partial charge in [0.1, 0.15) is 5.92 Å². The van der Waals surface area contributed by atoms with Crippen LogP contribution in [0.15, 0.2) is 0 Å². The second kappa shape index (κ2) is 4.94.